The lowest BCUT2D eigenvalue weighted by atomic mass is 9.99. The molecule has 1 aliphatic heterocycles. The molecular formula is C28H31F2N5O3. The van der Waals surface area contributed by atoms with Crippen LogP contribution in [0.5, 0.6) is 0 Å². The number of benzene rings is 1. The lowest BCUT2D eigenvalue weighted by Crippen LogP contribution is -2.47. The van der Waals surface area contributed by atoms with Gasteiger partial charge in [-0.05, 0) is 24.5 Å². The quantitative estimate of drug-likeness (QED) is 0.457. The number of carbonyl (C=O) groups is 2. The second-order valence-corrected chi connectivity index (χ2v) is 9.70. The predicted molar refractivity (Wildman–Crippen MR) is 138 cm³/mol. The fraction of sp³-hybridized carbons (Fsp3) is 0.393. The molecule has 10 heteroatoms. The van der Waals surface area contributed by atoms with Gasteiger partial charge in [0, 0.05) is 24.7 Å². The summed E-state index contributed by atoms with van der Waals surface area (Å²) in [5.41, 5.74) is 1.49. The first-order chi connectivity index (χ1) is 18.2. The Hall–Kier alpha value is -3.95. The highest BCUT2D eigenvalue weighted by Crippen LogP contribution is 2.27. The van der Waals surface area contributed by atoms with Gasteiger partial charge in [-0.2, -0.15) is 4.39 Å². The number of nitrogens with zero attached hydrogens (tertiary/aromatic N) is 4. The Bertz CT molecular complexity index is 1360. The minimum atomic E-state index is -1.37. The molecule has 1 aliphatic rings. The van der Waals surface area contributed by atoms with E-state index in [4.69, 9.17) is 0 Å². The summed E-state index contributed by atoms with van der Waals surface area (Å²) in [5, 5.41) is 2.87. The van der Waals surface area contributed by atoms with E-state index >= 15 is 0 Å². The zero-order chi connectivity index (χ0) is 27.4. The largest absolute Gasteiger partial charge is 0.342 e. The molecule has 2 amide bonds. The SMILES string of the molecule is CCn1cc(CC(=O)N2C[C@H](F)C[C@H]2C(=O)N[C@@H](c2ccccc2)c2ccc(C(C)C)c(F)n2)ncc1=O. The Labute approximate surface area is 219 Å². The van der Waals surface area contributed by atoms with Crippen LogP contribution in [0.3, 0.4) is 0 Å². The molecule has 0 bridgehead atoms. The van der Waals surface area contributed by atoms with Gasteiger partial charge in [0.2, 0.25) is 17.8 Å². The van der Waals surface area contributed by atoms with Crippen molar-refractivity contribution in [3.63, 3.8) is 0 Å². The monoisotopic (exact) mass is 523 g/mol. The number of hydrogen-bond donors (Lipinski definition) is 1. The van der Waals surface area contributed by atoms with Crippen molar-refractivity contribution in [3.8, 4) is 0 Å². The summed E-state index contributed by atoms with van der Waals surface area (Å²) >= 11 is 0. The molecule has 1 fully saturated rings. The zero-order valence-corrected chi connectivity index (χ0v) is 21.6. The molecule has 0 spiro atoms. The average Bonchev–Trinajstić information content (AvgIpc) is 3.30. The predicted octanol–water partition coefficient (Wildman–Crippen LogP) is 3.31. The number of nitrogens with one attached hydrogen (secondary N) is 1. The lowest BCUT2D eigenvalue weighted by molar-refractivity contribution is -0.138. The normalized spacial score (nSPS) is 18.0. The second-order valence-electron chi connectivity index (χ2n) is 9.70. The molecule has 1 saturated heterocycles. The first-order valence-corrected chi connectivity index (χ1v) is 12.7. The van der Waals surface area contributed by atoms with Crippen LogP contribution in [-0.2, 0) is 22.6 Å². The smallest absolute Gasteiger partial charge is 0.268 e. The van der Waals surface area contributed by atoms with Crippen molar-refractivity contribution in [1.29, 1.82) is 0 Å². The minimum Gasteiger partial charge on any atom is -0.342 e. The highest BCUT2D eigenvalue weighted by molar-refractivity contribution is 5.89. The van der Waals surface area contributed by atoms with Crippen LogP contribution in [-0.4, -0.2) is 50.0 Å². The number of rotatable bonds is 8. The molecule has 0 radical (unpaired) electrons. The summed E-state index contributed by atoms with van der Waals surface area (Å²) in [7, 11) is 0. The van der Waals surface area contributed by atoms with Crippen LogP contribution < -0.4 is 10.9 Å². The molecule has 200 valence electrons. The van der Waals surface area contributed by atoms with Crippen LogP contribution >= 0.6 is 0 Å². The third-order valence-electron chi connectivity index (χ3n) is 6.71. The highest BCUT2D eigenvalue weighted by Gasteiger charge is 2.40. The Balaban J connectivity index is 1.58. The number of pyridine rings is 1. The summed E-state index contributed by atoms with van der Waals surface area (Å²) in [6, 6.07) is 10.4. The van der Waals surface area contributed by atoms with Crippen molar-refractivity contribution in [2.45, 2.75) is 64.3 Å². The maximum absolute atomic E-state index is 14.8. The Morgan fingerprint density at radius 2 is 1.89 bits per heavy atom. The molecule has 3 atom stereocenters. The summed E-state index contributed by atoms with van der Waals surface area (Å²) < 4.78 is 30.7. The number of likely N-dealkylation sites (tertiary alicyclic amines) is 1. The van der Waals surface area contributed by atoms with E-state index in [1.807, 2.05) is 19.9 Å². The summed E-state index contributed by atoms with van der Waals surface area (Å²) in [4.78, 5) is 47.8. The van der Waals surface area contributed by atoms with E-state index < -0.39 is 36.0 Å². The van der Waals surface area contributed by atoms with Crippen LogP contribution in [0, 0.1) is 5.95 Å². The third-order valence-corrected chi connectivity index (χ3v) is 6.71. The van der Waals surface area contributed by atoms with Crippen LogP contribution in [0.4, 0.5) is 8.78 Å². The molecule has 0 saturated carbocycles. The van der Waals surface area contributed by atoms with Gasteiger partial charge in [-0.1, -0.05) is 50.2 Å². The zero-order valence-electron chi connectivity index (χ0n) is 21.6. The van der Waals surface area contributed by atoms with Crippen LogP contribution in [0.2, 0.25) is 0 Å². The van der Waals surface area contributed by atoms with E-state index in [-0.39, 0.29) is 30.9 Å². The lowest BCUT2D eigenvalue weighted by Gasteiger charge is -2.26. The maximum atomic E-state index is 14.8. The molecule has 2 aromatic heterocycles. The number of hydrogen-bond acceptors (Lipinski definition) is 5. The van der Waals surface area contributed by atoms with Gasteiger partial charge in [-0.25, -0.2) is 9.37 Å². The maximum Gasteiger partial charge on any atom is 0.268 e. The van der Waals surface area contributed by atoms with Crippen molar-refractivity contribution in [3.05, 3.63) is 93.7 Å². The van der Waals surface area contributed by atoms with E-state index in [0.29, 0.717) is 29.1 Å². The first kappa shape index (κ1) is 27.1. The van der Waals surface area contributed by atoms with Crippen molar-refractivity contribution in [2.75, 3.05) is 6.54 Å². The molecule has 1 aromatic carbocycles. The van der Waals surface area contributed by atoms with Crippen molar-refractivity contribution >= 4 is 11.8 Å². The first-order valence-electron chi connectivity index (χ1n) is 12.7. The molecular weight excluding hydrogens is 492 g/mol. The topological polar surface area (TPSA) is 97.2 Å². The van der Waals surface area contributed by atoms with E-state index in [0.717, 1.165) is 6.20 Å². The number of amides is 2. The molecule has 1 N–H and O–H groups in total. The van der Waals surface area contributed by atoms with Crippen LogP contribution in [0.15, 0.2) is 59.7 Å². The van der Waals surface area contributed by atoms with Crippen molar-refractivity contribution in [1.82, 2.24) is 24.8 Å². The molecule has 0 unspecified atom stereocenters. The third kappa shape index (κ3) is 5.95. The Morgan fingerprint density at radius 1 is 1.16 bits per heavy atom. The minimum absolute atomic E-state index is 0.0630. The summed E-state index contributed by atoms with van der Waals surface area (Å²) in [5.74, 6) is -1.71. The van der Waals surface area contributed by atoms with Crippen LogP contribution in [0.25, 0.3) is 0 Å². The van der Waals surface area contributed by atoms with Gasteiger partial charge in [-0.3, -0.25) is 19.4 Å². The van der Waals surface area contributed by atoms with E-state index in [2.05, 4.69) is 15.3 Å². The standard InChI is InChI=1S/C28H31F2N5O3/c1-4-34-16-20(31-14-25(34)37)13-24(36)35-15-19(29)12-23(35)28(38)33-26(18-8-6-5-7-9-18)22-11-10-21(17(2)3)27(30)32-22/h5-11,14,16-17,19,23,26H,4,12-13,15H2,1-3H3,(H,33,38)/t19-,23+,26+/m1/s1. The molecule has 38 heavy (non-hydrogen) atoms. The number of carbonyl (C=O) groups excluding carboxylic acids is 2. The number of aromatic nitrogens is 3. The van der Waals surface area contributed by atoms with Gasteiger partial charge < -0.3 is 14.8 Å². The molecule has 8 nitrogen and oxygen atoms in total. The number of aryl methyl sites for hydroxylation is 1. The van der Waals surface area contributed by atoms with Crippen LogP contribution in [0.1, 0.15) is 61.7 Å². The Kier molecular flexibility index (Phi) is 8.29. The van der Waals surface area contributed by atoms with E-state index in [9.17, 15) is 23.2 Å². The molecule has 3 aromatic rings. The van der Waals surface area contributed by atoms with Crippen molar-refractivity contribution in [2.24, 2.45) is 0 Å². The fourth-order valence-corrected chi connectivity index (χ4v) is 4.66. The van der Waals surface area contributed by atoms with Gasteiger partial charge in [0.05, 0.1) is 36.6 Å². The molecule has 4 rings (SSSR count). The van der Waals surface area contributed by atoms with Gasteiger partial charge in [-0.15, -0.1) is 0 Å². The number of halogens is 2. The van der Waals surface area contributed by atoms with E-state index in [1.165, 1.54) is 15.7 Å². The Morgan fingerprint density at radius 3 is 2.55 bits per heavy atom. The molecule has 3 heterocycles. The fourth-order valence-electron chi connectivity index (χ4n) is 4.66. The molecule has 0 aliphatic carbocycles. The van der Waals surface area contributed by atoms with Gasteiger partial charge in [0.1, 0.15) is 12.2 Å². The average molecular weight is 524 g/mol. The second kappa shape index (κ2) is 11.6. The summed E-state index contributed by atoms with van der Waals surface area (Å²) in [6.07, 6.45) is 0.921. The van der Waals surface area contributed by atoms with E-state index in [1.54, 1.807) is 43.3 Å². The van der Waals surface area contributed by atoms with Gasteiger partial charge in [0.25, 0.3) is 5.56 Å². The summed E-state index contributed by atoms with van der Waals surface area (Å²) in [6.45, 7) is 5.71. The van der Waals surface area contributed by atoms with Gasteiger partial charge in [0.15, 0.2) is 0 Å². The highest BCUT2D eigenvalue weighted by atomic mass is 19.1. The van der Waals surface area contributed by atoms with Crippen molar-refractivity contribution < 1.29 is 18.4 Å². The number of alkyl halides is 1. The van der Waals surface area contributed by atoms with Gasteiger partial charge >= 0.3 is 0 Å².